The fourth-order valence-electron chi connectivity index (χ4n) is 0.737. The molecule has 0 fully saturated rings. The molecule has 0 aliphatic heterocycles. The van der Waals surface area contributed by atoms with Crippen LogP contribution in [0.2, 0.25) is 0 Å². The van der Waals surface area contributed by atoms with Gasteiger partial charge in [-0.05, 0) is 18.1 Å². The molecular weight excluding hydrogens is 166 g/mol. The lowest BCUT2D eigenvalue weighted by Crippen LogP contribution is -2.08. The molecule has 66 valence electrons. The predicted molar refractivity (Wildman–Crippen MR) is 49.3 cm³/mol. The van der Waals surface area contributed by atoms with E-state index in [0.717, 1.165) is 0 Å². The van der Waals surface area contributed by atoms with Crippen LogP contribution in [0.25, 0.3) is 0 Å². The number of nitrogens with two attached hydrogens (primary N) is 2. The average Bonchev–Trinajstić information content (AvgIpc) is 2.08. The van der Waals surface area contributed by atoms with Crippen LogP contribution in [-0.2, 0) is 4.79 Å². The van der Waals surface area contributed by atoms with Crippen LogP contribution in [0.15, 0.2) is 18.3 Å². The maximum atomic E-state index is 10.3. The molecule has 1 heterocycles. The number of nitrogens with zero attached hydrogens (tertiary/aromatic N) is 1. The number of rotatable bonds is 1. The maximum absolute atomic E-state index is 10.3. The molecule has 0 bridgehead atoms. The molecule has 1 rings (SSSR count). The van der Waals surface area contributed by atoms with Crippen LogP contribution in [0.4, 0.5) is 5.69 Å². The minimum atomic E-state index is -0.456. The zero-order chi connectivity index (χ0) is 9.68. The summed E-state index contributed by atoms with van der Waals surface area (Å²) in [6.45, 7) is 0. The zero-order valence-electron chi connectivity index (χ0n) is 6.95. The molecule has 1 aromatic rings. The Bertz CT molecular complexity index is 376. The summed E-state index contributed by atoms with van der Waals surface area (Å²) in [5, 5.41) is 0. The van der Waals surface area contributed by atoms with Gasteiger partial charge in [-0.25, -0.2) is 4.98 Å². The molecule has 1 aromatic heterocycles. The van der Waals surface area contributed by atoms with Gasteiger partial charge < -0.3 is 11.5 Å². The predicted octanol–water partition coefficient (Wildman–Crippen LogP) is -0.109. The van der Waals surface area contributed by atoms with E-state index in [1.54, 1.807) is 18.3 Å². The van der Waals surface area contributed by atoms with Gasteiger partial charge in [0.25, 0.3) is 0 Å². The van der Waals surface area contributed by atoms with Crippen molar-refractivity contribution < 1.29 is 4.79 Å². The fraction of sp³-hybridized carbons (Fsp3) is 0.111. The van der Waals surface area contributed by atoms with Crippen molar-refractivity contribution >= 4 is 11.6 Å². The summed E-state index contributed by atoms with van der Waals surface area (Å²) in [5.41, 5.74) is 11.4. The summed E-state index contributed by atoms with van der Waals surface area (Å²) in [6.07, 6.45) is 1.61. The van der Waals surface area contributed by atoms with E-state index in [0.29, 0.717) is 11.4 Å². The highest BCUT2D eigenvalue weighted by atomic mass is 16.1. The minimum absolute atomic E-state index is 0.0238. The summed E-state index contributed by atoms with van der Waals surface area (Å²) < 4.78 is 0. The third-order valence-electron chi connectivity index (χ3n) is 1.31. The highest BCUT2D eigenvalue weighted by Crippen LogP contribution is 2.03. The molecule has 0 saturated carbocycles. The normalized spacial score (nSPS) is 8.62. The first-order valence-electron chi connectivity index (χ1n) is 3.68. The Morgan fingerprint density at radius 1 is 1.62 bits per heavy atom. The van der Waals surface area contributed by atoms with Crippen molar-refractivity contribution in [2.24, 2.45) is 5.73 Å². The van der Waals surface area contributed by atoms with Crippen molar-refractivity contribution in [1.82, 2.24) is 4.98 Å². The SMILES string of the molecule is NC(=O)CC#Cc1ncccc1N. The van der Waals surface area contributed by atoms with Gasteiger partial charge in [0.05, 0.1) is 12.1 Å². The van der Waals surface area contributed by atoms with Crippen LogP contribution in [0.5, 0.6) is 0 Å². The first-order valence-corrected chi connectivity index (χ1v) is 3.68. The number of primary amides is 1. The van der Waals surface area contributed by atoms with Crippen molar-refractivity contribution in [3.63, 3.8) is 0 Å². The van der Waals surface area contributed by atoms with Crippen LogP contribution < -0.4 is 11.5 Å². The average molecular weight is 175 g/mol. The number of pyridine rings is 1. The van der Waals surface area contributed by atoms with E-state index < -0.39 is 5.91 Å². The molecular formula is C9H9N3O. The molecule has 0 aromatic carbocycles. The molecule has 0 aliphatic rings. The van der Waals surface area contributed by atoms with Gasteiger partial charge in [-0.1, -0.05) is 5.92 Å². The molecule has 0 spiro atoms. The van der Waals surface area contributed by atoms with Gasteiger partial charge in [-0.15, -0.1) is 0 Å². The van der Waals surface area contributed by atoms with E-state index in [2.05, 4.69) is 16.8 Å². The number of carbonyl (C=O) groups excluding carboxylic acids is 1. The van der Waals surface area contributed by atoms with Crippen molar-refractivity contribution in [3.8, 4) is 11.8 Å². The smallest absolute Gasteiger partial charge is 0.229 e. The number of hydrogen-bond acceptors (Lipinski definition) is 3. The Morgan fingerprint density at radius 2 is 2.38 bits per heavy atom. The molecule has 0 unspecified atom stereocenters. The largest absolute Gasteiger partial charge is 0.396 e. The second-order valence-corrected chi connectivity index (χ2v) is 2.39. The van der Waals surface area contributed by atoms with E-state index in [9.17, 15) is 4.79 Å². The third kappa shape index (κ3) is 2.83. The highest BCUT2D eigenvalue weighted by molar-refractivity contribution is 5.76. The van der Waals surface area contributed by atoms with Crippen molar-refractivity contribution in [2.45, 2.75) is 6.42 Å². The van der Waals surface area contributed by atoms with Gasteiger partial charge in [0, 0.05) is 6.20 Å². The van der Waals surface area contributed by atoms with Crippen molar-refractivity contribution in [3.05, 3.63) is 24.0 Å². The standard InChI is InChI=1S/C9H9N3O/c10-7-3-2-6-12-8(7)4-1-5-9(11)13/h2-3,6H,5,10H2,(H2,11,13). The van der Waals surface area contributed by atoms with Crippen LogP contribution in [0, 0.1) is 11.8 Å². The summed E-state index contributed by atoms with van der Waals surface area (Å²) in [6, 6.07) is 3.41. The topological polar surface area (TPSA) is 82.0 Å². The van der Waals surface area contributed by atoms with E-state index >= 15 is 0 Å². The van der Waals surface area contributed by atoms with Gasteiger partial charge in [-0.2, -0.15) is 0 Å². The molecule has 4 N–H and O–H groups in total. The Kier molecular flexibility index (Phi) is 2.87. The molecule has 0 atom stereocenters. The number of amides is 1. The van der Waals surface area contributed by atoms with Gasteiger partial charge in [-0.3, -0.25) is 4.79 Å². The van der Waals surface area contributed by atoms with E-state index in [-0.39, 0.29) is 6.42 Å². The van der Waals surface area contributed by atoms with Crippen LogP contribution in [-0.4, -0.2) is 10.9 Å². The third-order valence-corrected chi connectivity index (χ3v) is 1.31. The second kappa shape index (κ2) is 4.12. The maximum Gasteiger partial charge on any atom is 0.229 e. The van der Waals surface area contributed by atoms with Gasteiger partial charge in [0.2, 0.25) is 5.91 Å². The Labute approximate surface area is 76.0 Å². The molecule has 13 heavy (non-hydrogen) atoms. The number of hydrogen-bond donors (Lipinski definition) is 2. The van der Waals surface area contributed by atoms with Crippen LogP contribution in [0.1, 0.15) is 12.1 Å². The summed E-state index contributed by atoms with van der Waals surface area (Å²) >= 11 is 0. The number of anilines is 1. The summed E-state index contributed by atoms with van der Waals surface area (Å²) in [4.78, 5) is 14.3. The monoisotopic (exact) mass is 175 g/mol. The quantitative estimate of drug-likeness (QED) is 0.584. The highest BCUT2D eigenvalue weighted by Gasteiger charge is 1.93. The van der Waals surface area contributed by atoms with Crippen molar-refractivity contribution in [1.29, 1.82) is 0 Å². The first kappa shape index (κ1) is 9.07. The molecule has 4 heteroatoms. The van der Waals surface area contributed by atoms with Crippen LogP contribution >= 0.6 is 0 Å². The van der Waals surface area contributed by atoms with Gasteiger partial charge in [0.1, 0.15) is 5.69 Å². The zero-order valence-corrected chi connectivity index (χ0v) is 6.95. The molecule has 0 radical (unpaired) electrons. The van der Waals surface area contributed by atoms with Gasteiger partial charge >= 0.3 is 0 Å². The minimum Gasteiger partial charge on any atom is -0.396 e. The van der Waals surface area contributed by atoms with E-state index in [1.807, 2.05) is 0 Å². The Balaban J connectivity index is 2.77. The lowest BCUT2D eigenvalue weighted by Gasteiger charge is -1.93. The number of carbonyl (C=O) groups is 1. The Hall–Kier alpha value is -2.02. The fourth-order valence-corrected chi connectivity index (χ4v) is 0.737. The summed E-state index contributed by atoms with van der Waals surface area (Å²) in [5.74, 6) is 4.78. The first-order chi connectivity index (χ1) is 6.20. The molecule has 0 saturated heterocycles. The lowest BCUT2D eigenvalue weighted by molar-refractivity contribution is -0.117. The number of aromatic nitrogens is 1. The van der Waals surface area contributed by atoms with E-state index in [1.165, 1.54) is 0 Å². The second-order valence-electron chi connectivity index (χ2n) is 2.39. The molecule has 1 amide bonds. The van der Waals surface area contributed by atoms with Crippen molar-refractivity contribution in [2.75, 3.05) is 5.73 Å². The molecule has 0 aliphatic carbocycles. The molecule has 4 nitrogen and oxygen atoms in total. The van der Waals surface area contributed by atoms with Gasteiger partial charge in [0.15, 0.2) is 0 Å². The number of nitrogen functional groups attached to an aromatic ring is 1. The Morgan fingerprint density at radius 3 is 3.00 bits per heavy atom. The van der Waals surface area contributed by atoms with E-state index in [4.69, 9.17) is 11.5 Å². The van der Waals surface area contributed by atoms with Crippen LogP contribution in [0.3, 0.4) is 0 Å². The summed E-state index contributed by atoms with van der Waals surface area (Å²) in [7, 11) is 0. The lowest BCUT2D eigenvalue weighted by atomic mass is 10.3.